The number of nitrogens with zero attached hydrogens (tertiary/aromatic N) is 1. The topological polar surface area (TPSA) is 108 Å². The van der Waals surface area contributed by atoms with Crippen molar-refractivity contribution >= 4 is 11.6 Å². The maximum absolute atomic E-state index is 10.8. The molecule has 1 fully saturated rings. The van der Waals surface area contributed by atoms with Gasteiger partial charge in [-0.05, 0) is 5.56 Å². The molecule has 1 aliphatic rings. The fraction of sp³-hybridized carbons (Fsp3) is 0.222. The van der Waals surface area contributed by atoms with Crippen LogP contribution in [-0.2, 0) is 4.79 Å². The van der Waals surface area contributed by atoms with Crippen LogP contribution >= 0.6 is 0 Å². The van der Waals surface area contributed by atoms with E-state index in [0.717, 1.165) is 5.56 Å². The highest BCUT2D eigenvalue weighted by molar-refractivity contribution is 5.84. The standard InChI is InChI=1S/C9H9N3O3/c10-9(13)8-7(11-8)5-1-3-6(4-2-5)12(14)15/h1-4,7-8,11H,(H2,10,13). The van der Waals surface area contributed by atoms with Crippen molar-refractivity contribution in [2.24, 2.45) is 5.73 Å². The van der Waals surface area contributed by atoms with E-state index in [9.17, 15) is 14.9 Å². The van der Waals surface area contributed by atoms with Gasteiger partial charge in [0, 0.05) is 12.1 Å². The van der Waals surface area contributed by atoms with Crippen LogP contribution in [-0.4, -0.2) is 16.9 Å². The van der Waals surface area contributed by atoms with Crippen LogP contribution in [0.5, 0.6) is 0 Å². The number of benzene rings is 1. The van der Waals surface area contributed by atoms with Crippen molar-refractivity contribution in [3.63, 3.8) is 0 Å². The fourth-order valence-corrected chi connectivity index (χ4v) is 1.48. The Kier molecular flexibility index (Phi) is 2.12. The minimum absolute atomic E-state index is 0.0371. The van der Waals surface area contributed by atoms with Gasteiger partial charge in [0.2, 0.25) is 5.91 Å². The molecule has 78 valence electrons. The summed E-state index contributed by atoms with van der Waals surface area (Å²) in [6.07, 6.45) is 0. The molecule has 0 saturated carbocycles. The van der Waals surface area contributed by atoms with Crippen LogP contribution in [0.15, 0.2) is 24.3 Å². The molecule has 0 aromatic heterocycles. The van der Waals surface area contributed by atoms with Gasteiger partial charge < -0.3 is 5.73 Å². The largest absolute Gasteiger partial charge is 0.368 e. The smallest absolute Gasteiger partial charge is 0.269 e. The van der Waals surface area contributed by atoms with Crippen LogP contribution in [0.1, 0.15) is 11.6 Å². The molecule has 2 rings (SSSR count). The molecule has 1 saturated heterocycles. The molecule has 1 aliphatic heterocycles. The Morgan fingerprint density at radius 1 is 1.40 bits per heavy atom. The first-order valence-corrected chi connectivity index (χ1v) is 4.39. The van der Waals surface area contributed by atoms with Crippen LogP contribution in [0, 0.1) is 10.1 Å². The number of amides is 1. The maximum atomic E-state index is 10.8. The summed E-state index contributed by atoms with van der Waals surface area (Å²) in [4.78, 5) is 20.7. The van der Waals surface area contributed by atoms with Gasteiger partial charge in [0.05, 0.1) is 11.0 Å². The van der Waals surface area contributed by atoms with Gasteiger partial charge >= 0.3 is 0 Å². The third kappa shape index (κ3) is 1.79. The highest BCUT2D eigenvalue weighted by Gasteiger charge is 2.41. The van der Waals surface area contributed by atoms with Crippen molar-refractivity contribution in [3.05, 3.63) is 39.9 Å². The Hall–Kier alpha value is -1.95. The number of non-ortho nitro benzene ring substituents is 1. The second-order valence-electron chi connectivity index (χ2n) is 3.37. The Morgan fingerprint density at radius 3 is 2.40 bits per heavy atom. The van der Waals surface area contributed by atoms with E-state index in [2.05, 4.69) is 5.32 Å². The lowest BCUT2D eigenvalue weighted by Crippen LogP contribution is -2.20. The number of hydrogen-bond acceptors (Lipinski definition) is 4. The molecular formula is C9H9N3O3. The lowest BCUT2D eigenvalue weighted by atomic mass is 10.1. The monoisotopic (exact) mass is 207 g/mol. The first-order valence-electron chi connectivity index (χ1n) is 4.39. The van der Waals surface area contributed by atoms with E-state index in [1.807, 2.05) is 0 Å². The molecule has 6 nitrogen and oxygen atoms in total. The summed E-state index contributed by atoms with van der Waals surface area (Å²) in [5.41, 5.74) is 5.97. The number of nitro groups is 1. The van der Waals surface area contributed by atoms with Crippen molar-refractivity contribution in [2.45, 2.75) is 12.1 Å². The number of nitrogens with one attached hydrogen (secondary N) is 1. The predicted molar refractivity (Wildman–Crippen MR) is 52.0 cm³/mol. The van der Waals surface area contributed by atoms with Gasteiger partial charge in [-0.1, -0.05) is 12.1 Å². The molecular weight excluding hydrogens is 198 g/mol. The van der Waals surface area contributed by atoms with Crippen molar-refractivity contribution in [1.82, 2.24) is 5.32 Å². The van der Waals surface area contributed by atoms with Gasteiger partial charge in [0.1, 0.15) is 6.04 Å². The van der Waals surface area contributed by atoms with E-state index in [4.69, 9.17) is 5.73 Å². The van der Waals surface area contributed by atoms with Crippen molar-refractivity contribution in [3.8, 4) is 0 Å². The van der Waals surface area contributed by atoms with Crippen LogP contribution in [0.4, 0.5) is 5.69 Å². The van der Waals surface area contributed by atoms with Gasteiger partial charge in [0.25, 0.3) is 5.69 Å². The van der Waals surface area contributed by atoms with Crippen LogP contribution < -0.4 is 11.1 Å². The summed E-state index contributed by atoms with van der Waals surface area (Å²) in [6.45, 7) is 0. The summed E-state index contributed by atoms with van der Waals surface area (Å²) in [5, 5.41) is 13.3. The molecule has 2 unspecified atom stereocenters. The highest BCUT2D eigenvalue weighted by atomic mass is 16.6. The Balaban J connectivity index is 2.12. The lowest BCUT2D eigenvalue weighted by Gasteiger charge is -1.96. The molecule has 3 N–H and O–H groups in total. The summed E-state index contributed by atoms with van der Waals surface area (Å²) in [5.74, 6) is -0.404. The minimum Gasteiger partial charge on any atom is -0.368 e. The Morgan fingerprint density at radius 2 is 2.00 bits per heavy atom. The van der Waals surface area contributed by atoms with Crippen molar-refractivity contribution in [2.75, 3.05) is 0 Å². The van der Waals surface area contributed by atoms with Gasteiger partial charge in [-0.2, -0.15) is 0 Å². The fourth-order valence-electron chi connectivity index (χ4n) is 1.48. The normalized spacial score (nSPS) is 23.5. The van der Waals surface area contributed by atoms with Crippen LogP contribution in [0.2, 0.25) is 0 Å². The molecule has 0 bridgehead atoms. The molecule has 15 heavy (non-hydrogen) atoms. The number of nitro benzene ring substituents is 1. The van der Waals surface area contributed by atoms with E-state index in [1.54, 1.807) is 12.1 Å². The molecule has 2 atom stereocenters. The maximum Gasteiger partial charge on any atom is 0.269 e. The third-order valence-corrected chi connectivity index (χ3v) is 2.35. The highest BCUT2D eigenvalue weighted by Crippen LogP contribution is 2.30. The van der Waals surface area contributed by atoms with E-state index in [-0.39, 0.29) is 17.8 Å². The quantitative estimate of drug-likeness (QED) is 0.416. The molecule has 1 heterocycles. The number of primary amides is 1. The zero-order valence-electron chi connectivity index (χ0n) is 7.71. The molecule has 6 heteroatoms. The predicted octanol–water partition coefficient (Wildman–Crippen LogP) is 0.0930. The van der Waals surface area contributed by atoms with E-state index in [0.29, 0.717) is 0 Å². The second-order valence-corrected chi connectivity index (χ2v) is 3.37. The second kappa shape index (κ2) is 3.32. The van der Waals surface area contributed by atoms with Gasteiger partial charge in [-0.3, -0.25) is 20.2 Å². The minimum atomic E-state index is -0.463. The van der Waals surface area contributed by atoms with Crippen LogP contribution in [0.25, 0.3) is 0 Å². The molecule has 0 radical (unpaired) electrons. The van der Waals surface area contributed by atoms with Gasteiger partial charge in [-0.25, -0.2) is 0 Å². The third-order valence-electron chi connectivity index (χ3n) is 2.35. The summed E-state index contributed by atoms with van der Waals surface area (Å²) in [7, 11) is 0. The zero-order valence-corrected chi connectivity index (χ0v) is 7.71. The van der Waals surface area contributed by atoms with Crippen LogP contribution in [0.3, 0.4) is 0 Å². The molecule has 1 aromatic carbocycles. The average Bonchev–Trinajstić information content (AvgIpc) is 2.97. The van der Waals surface area contributed by atoms with E-state index < -0.39 is 10.8 Å². The zero-order chi connectivity index (χ0) is 11.0. The van der Waals surface area contributed by atoms with Crippen molar-refractivity contribution < 1.29 is 9.72 Å². The number of carbonyl (C=O) groups is 1. The average molecular weight is 207 g/mol. The first kappa shape index (κ1) is 9.60. The summed E-state index contributed by atoms with van der Waals surface area (Å²) < 4.78 is 0. The van der Waals surface area contributed by atoms with E-state index in [1.165, 1.54) is 12.1 Å². The summed E-state index contributed by atoms with van der Waals surface area (Å²) in [6, 6.07) is 5.63. The Labute approximate surface area is 85.2 Å². The number of hydrogen-bond donors (Lipinski definition) is 2. The summed E-state index contributed by atoms with van der Waals surface area (Å²) >= 11 is 0. The van der Waals surface area contributed by atoms with E-state index >= 15 is 0 Å². The molecule has 1 amide bonds. The van der Waals surface area contributed by atoms with Gasteiger partial charge in [0.15, 0.2) is 0 Å². The van der Waals surface area contributed by atoms with Crippen molar-refractivity contribution in [1.29, 1.82) is 0 Å². The lowest BCUT2D eigenvalue weighted by molar-refractivity contribution is -0.384. The van der Waals surface area contributed by atoms with Gasteiger partial charge in [-0.15, -0.1) is 0 Å². The number of nitrogens with two attached hydrogens (primary N) is 1. The first-order chi connectivity index (χ1) is 7.09. The SMILES string of the molecule is NC(=O)C1NC1c1ccc([N+](=O)[O-])cc1. The molecule has 0 spiro atoms. The Bertz CT molecular complexity index is 415. The number of rotatable bonds is 3. The molecule has 1 aromatic rings. The molecule has 0 aliphatic carbocycles. The number of carbonyl (C=O) groups excluding carboxylic acids is 1.